The van der Waals surface area contributed by atoms with Crippen molar-refractivity contribution in [2.45, 2.75) is 12.8 Å². The Kier molecular flexibility index (Phi) is 7.58. The molecule has 0 saturated carbocycles. The summed E-state index contributed by atoms with van der Waals surface area (Å²) < 4.78 is 27.9. The van der Waals surface area contributed by atoms with Gasteiger partial charge < -0.3 is 11.1 Å². The monoisotopic (exact) mass is 418 g/mol. The molecular formula is C16H18Cl2F2N6O. The van der Waals surface area contributed by atoms with Crippen molar-refractivity contribution in [3.63, 3.8) is 0 Å². The van der Waals surface area contributed by atoms with E-state index in [9.17, 15) is 13.6 Å². The van der Waals surface area contributed by atoms with Crippen LogP contribution >= 0.6 is 24.8 Å². The molecular weight excluding hydrogens is 401 g/mol. The Labute approximate surface area is 166 Å². The van der Waals surface area contributed by atoms with Gasteiger partial charge in [0, 0.05) is 11.6 Å². The van der Waals surface area contributed by atoms with Gasteiger partial charge in [-0.05, 0) is 31.2 Å². The van der Waals surface area contributed by atoms with E-state index in [1.54, 1.807) is 19.2 Å². The number of halogens is 4. The first-order chi connectivity index (χ1) is 11.9. The molecule has 0 bridgehead atoms. The highest BCUT2D eigenvalue weighted by molar-refractivity contribution is 5.94. The molecule has 2 heterocycles. The van der Waals surface area contributed by atoms with Gasteiger partial charge >= 0.3 is 0 Å². The molecule has 3 aromatic rings. The molecule has 1 aromatic carbocycles. The van der Waals surface area contributed by atoms with Crippen molar-refractivity contribution < 1.29 is 13.6 Å². The quantitative estimate of drug-likeness (QED) is 0.661. The van der Waals surface area contributed by atoms with Gasteiger partial charge in [0.25, 0.3) is 11.8 Å². The molecule has 3 N–H and O–H groups in total. The van der Waals surface area contributed by atoms with Crippen molar-refractivity contribution in [2.24, 2.45) is 5.73 Å². The van der Waals surface area contributed by atoms with Crippen LogP contribution in [0.3, 0.4) is 0 Å². The van der Waals surface area contributed by atoms with E-state index in [1.807, 2.05) is 24.3 Å². The van der Waals surface area contributed by atoms with Gasteiger partial charge in [-0.2, -0.15) is 0 Å². The Hall–Kier alpha value is -2.36. The first kappa shape index (κ1) is 22.7. The zero-order valence-corrected chi connectivity index (χ0v) is 15.9. The molecule has 11 heteroatoms. The van der Waals surface area contributed by atoms with Crippen molar-refractivity contribution in [2.75, 3.05) is 13.1 Å². The summed E-state index contributed by atoms with van der Waals surface area (Å²) in [4.78, 5) is 16.4. The molecule has 0 aliphatic heterocycles. The first-order valence-electron chi connectivity index (χ1n) is 7.55. The van der Waals surface area contributed by atoms with E-state index < -0.39 is 24.9 Å². The van der Waals surface area contributed by atoms with E-state index in [2.05, 4.69) is 20.6 Å². The molecule has 0 spiro atoms. The van der Waals surface area contributed by atoms with Gasteiger partial charge in [-0.3, -0.25) is 9.78 Å². The summed E-state index contributed by atoms with van der Waals surface area (Å²) in [5.74, 6) is -3.89. The highest BCUT2D eigenvalue weighted by atomic mass is 35.5. The van der Waals surface area contributed by atoms with E-state index in [0.29, 0.717) is 11.4 Å². The number of carbonyl (C=O) groups excluding carboxylic acids is 1. The van der Waals surface area contributed by atoms with Crippen molar-refractivity contribution in [1.82, 2.24) is 25.3 Å². The number of nitrogens with one attached hydrogen (secondary N) is 1. The van der Waals surface area contributed by atoms with Gasteiger partial charge in [-0.1, -0.05) is 11.3 Å². The van der Waals surface area contributed by atoms with Gasteiger partial charge in [-0.15, -0.1) is 29.9 Å². The molecule has 0 aliphatic rings. The lowest BCUT2D eigenvalue weighted by Crippen LogP contribution is -2.41. The molecule has 0 unspecified atom stereocenters. The molecule has 146 valence electrons. The standard InChI is InChI=1S/C16H16F2N6O.2ClH/c1-10-14(15(25)21-9-16(17,18)8-19)22-23-24(10)13-6-2-5-12-11(13)4-3-7-20-12;;/h2-7H,8-9,19H2,1H3,(H,21,25);2*1H. The number of pyridine rings is 1. The van der Waals surface area contributed by atoms with E-state index in [-0.39, 0.29) is 30.5 Å². The van der Waals surface area contributed by atoms with Gasteiger partial charge in [0.1, 0.15) is 0 Å². The van der Waals surface area contributed by atoms with Crippen LogP contribution in [0.15, 0.2) is 36.5 Å². The summed E-state index contributed by atoms with van der Waals surface area (Å²) in [7, 11) is 0. The van der Waals surface area contributed by atoms with Gasteiger partial charge in [0.2, 0.25) is 0 Å². The Morgan fingerprint density at radius 1 is 1.26 bits per heavy atom. The molecule has 1 amide bonds. The van der Waals surface area contributed by atoms with Crippen LogP contribution in [0.4, 0.5) is 8.78 Å². The van der Waals surface area contributed by atoms with Crippen LogP contribution < -0.4 is 11.1 Å². The highest BCUT2D eigenvalue weighted by Gasteiger charge is 2.28. The lowest BCUT2D eigenvalue weighted by Gasteiger charge is -2.14. The molecule has 0 aliphatic carbocycles. The second-order valence-electron chi connectivity index (χ2n) is 5.53. The van der Waals surface area contributed by atoms with E-state index in [4.69, 9.17) is 5.73 Å². The average Bonchev–Trinajstić information content (AvgIpc) is 3.00. The Morgan fingerprint density at radius 3 is 2.70 bits per heavy atom. The highest BCUT2D eigenvalue weighted by Crippen LogP contribution is 2.21. The molecule has 0 saturated heterocycles. The van der Waals surface area contributed by atoms with Crippen molar-refractivity contribution >= 4 is 41.6 Å². The molecule has 3 rings (SSSR count). The molecule has 27 heavy (non-hydrogen) atoms. The predicted octanol–water partition coefficient (Wildman–Crippen LogP) is 2.29. The second-order valence-corrected chi connectivity index (χ2v) is 5.53. The summed E-state index contributed by atoms with van der Waals surface area (Å²) in [6.07, 6.45) is 1.68. The first-order valence-corrected chi connectivity index (χ1v) is 7.55. The summed E-state index contributed by atoms with van der Waals surface area (Å²) in [6, 6.07) is 9.15. The maximum absolute atomic E-state index is 13.2. The summed E-state index contributed by atoms with van der Waals surface area (Å²) >= 11 is 0. The lowest BCUT2D eigenvalue weighted by atomic mass is 10.2. The molecule has 0 atom stereocenters. The topological polar surface area (TPSA) is 98.7 Å². The molecule has 0 radical (unpaired) electrons. The molecule has 2 aromatic heterocycles. The van der Waals surface area contributed by atoms with Crippen LogP contribution in [0.1, 0.15) is 16.2 Å². The molecule has 0 fully saturated rings. The maximum atomic E-state index is 13.2. The van der Waals surface area contributed by atoms with Crippen LogP contribution in [0.5, 0.6) is 0 Å². The van der Waals surface area contributed by atoms with Crippen LogP contribution in [0, 0.1) is 6.92 Å². The number of alkyl halides is 2. The largest absolute Gasteiger partial charge is 0.344 e. The second kappa shape index (κ2) is 9.03. The smallest absolute Gasteiger partial charge is 0.277 e. The number of rotatable bonds is 5. The predicted molar refractivity (Wildman–Crippen MR) is 102 cm³/mol. The Morgan fingerprint density at radius 2 is 2.00 bits per heavy atom. The number of nitrogens with zero attached hydrogens (tertiary/aromatic N) is 4. The Balaban J connectivity index is 0.00000182. The third-order valence-corrected chi connectivity index (χ3v) is 3.77. The number of aromatic nitrogens is 4. The minimum Gasteiger partial charge on any atom is -0.344 e. The fourth-order valence-electron chi connectivity index (χ4n) is 2.41. The fourth-order valence-corrected chi connectivity index (χ4v) is 2.41. The third kappa shape index (κ3) is 4.68. The fraction of sp³-hybridized carbons (Fsp3) is 0.250. The number of benzene rings is 1. The number of hydrogen-bond donors (Lipinski definition) is 2. The number of fused-ring (bicyclic) bond motifs is 1. The zero-order chi connectivity index (χ0) is 18.0. The van der Waals surface area contributed by atoms with Crippen molar-refractivity contribution in [3.05, 3.63) is 47.9 Å². The van der Waals surface area contributed by atoms with E-state index >= 15 is 0 Å². The number of nitrogens with two attached hydrogens (primary N) is 1. The van der Waals surface area contributed by atoms with Crippen molar-refractivity contribution in [3.8, 4) is 5.69 Å². The van der Waals surface area contributed by atoms with Crippen LogP contribution in [0.25, 0.3) is 16.6 Å². The number of amides is 1. The number of hydrogen-bond acceptors (Lipinski definition) is 5. The van der Waals surface area contributed by atoms with Gasteiger partial charge in [0.15, 0.2) is 5.69 Å². The maximum Gasteiger partial charge on any atom is 0.277 e. The Bertz CT molecular complexity index is 929. The summed E-state index contributed by atoms with van der Waals surface area (Å²) in [5, 5.41) is 10.8. The summed E-state index contributed by atoms with van der Waals surface area (Å²) in [6.45, 7) is -0.0556. The lowest BCUT2D eigenvalue weighted by molar-refractivity contribution is 0.0118. The average molecular weight is 419 g/mol. The van der Waals surface area contributed by atoms with Gasteiger partial charge in [-0.25, -0.2) is 13.5 Å². The summed E-state index contributed by atoms with van der Waals surface area (Å²) in [5.41, 5.74) is 6.83. The third-order valence-electron chi connectivity index (χ3n) is 3.77. The van der Waals surface area contributed by atoms with Crippen LogP contribution in [-0.4, -0.2) is 44.9 Å². The van der Waals surface area contributed by atoms with Crippen LogP contribution in [-0.2, 0) is 0 Å². The van der Waals surface area contributed by atoms with E-state index in [0.717, 1.165) is 10.9 Å². The van der Waals surface area contributed by atoms with E-state index in [1.165, 1.54) is 4.68 Å². The normalized spacial score (nSPS) is 10.8. The van der Waals surface area contributed by atoms with Gasteiger partial charge in [0.05, 0.1) is 30.0 Å². The van der Waals surface area contributed by atoms with Crippen molar-refractivity contribution in [1.29, 1.82) is 0 Å². The van der Waals surface area contributed by atoms with Crippen LogP contribution in [0.2, 0.25) is 0 Å². The minimum absolute atomic E-state index is 0. The number of carbonyl (C=O) groups is 1. The molecule has 7 nitrogen and oxygen atoms in total. The SMILES string of the molecule is Cc1c(C(=O)NCC(F)(F)CN)nnn1-c1cccc2ncccc12.Cl.Cl. The minimum atomic E-state index is -3.17. The zero-order valence-electron chi connectivity index (χ0n) is 14.2.